The minimum Gasteiger partial charge on any atom is -0.382 e. The van der Waals surface area contributed by atoms with Gasteiger partial charge < -0.3 is 10.8 Å². The van der Waals surface area contributed by atoms with Crippen molar-refractivity contribution in [2.24, 2.45) is 11.7 Å². The molecule has 2 atom stereocenters. The summed E-state index contributed by atoms with van der Waals surface area (Å²) in [6, 6.07) is -0.625. The van der Waals surface area contributed by atoms with Crippen LogP contribution < -0.4 is 16.6 Å². The van der Waals surface area contributed by atoms with Crippen LogP contribution in [0.1, 0.15) is 27.2 Å². The Morgan fingerprint density at radius 1 is 1.28 bits per heavy atom. The van der Waals surface area contributed by atoms with Crippen molar-refractivity contribution < 1.29 is 14.7 Å². The molecular weight excluding hydrogens is 254 g/mol. The zero-order valence-corrected chi connectivity index (χ0v) is 11.9. The van der Waals surface area contributed by atoms with Crippen molar-refractivity contribution in [3.63, 3.8) is 0 Å². The first kappa shape index (κ1) is 17.2. The first-order valence-electron chi connectivity index (χ1n) is 6.01. The Bertz CT molecular complexity index is 274. The number of nitrogens with one attached hydrogen (secondary N) is 2. The molecule has 6 nitrogen and oxygen atoms in total. The van der Waals surface area contributed by atoms with E-state index in [1.54, 1.807) is 25.6 Å². The van der Waals surface area contributed by atoms with Crippen molar-refractivity contribution in [2.45, 2.75) is 39.3 Å². The van der Waals surface area contributed by atoms with E-state index in [-0.39, 0.29) is 11.8 Å². The normalized spacial score (nSPS) is 14.1. The second-order valence-electron chi connectivity index (χ2n) is 4.23. The number of hydrazine groups is 1. The van der Waals surface area contributed by atoms with E-state index in [0.29, 0.717) is 6.42 Å². The first-order valence-corrected chi connectivity index (χ1v) is 7.16. The summed E-state index contributed by atoms with van der Waals surface area (Å²) in [7, 11) is 0. The molecule has 18 heavy (non-hydrogen) atoms. The van der Waals surface area contributed by atoms with Gasteiger partial charge in [-0.05, 0) is 17.9 Å². The van der Waals surface area contributed by atoms with Gasteiger partial charge in [-0.2, -0.15) is 11.8 Å². The lowest BCUT2D eigenvalue weighted by atomic mass is 10.1. The molecular formula is C11H23N3O3S. The smallest absolute Gasteiger partial charge is 0.268 e. The molecule has 0 heterocycles. The van der Waals surface area contributed by atoms with Crippen LogP contribution >= 0.6 is 11.8 Å². The lowest BCUT2D eigenvalue weighted by Gasteiger charge is -2.18. The molecule has 0 aromatic carbocycles. The Balaban J connectivity index is 3.97. The fourth-order valence-electron chi connectivity index (χ4n) is 1.06. The molecule has 0 aliphatic heterocycles. The Morgan fingerprint density at radius 3 is 2.33 bits per heavy atom. The predicted molar refractivity (Wildman–Crippen MR) is 72.7 cm³/mol. The molecule has 0 spiro atoms. The minimum atomic E-state index is -1.31. The molecule has 0 saturated carbocycles. The van der Waals surface area contributed by atoms with Gasteiger partial charge in [0.15, 0.2) is 0 Å². The molecule has 0 aliphatic rings. The number of aliphatic hydroxyl groups is 1. The van der Waals surface area contributed by atoms with Gasteiger partial charge in [0, 0.05) is 12.0 Å². The van der Waals surface area contributed by atoms with Crippen LogP contribution in [-0.4, -0.2) is 40.6 Å². The van der Waals surface area contributed by atoms with Gasteiger partial charge in [-0.15, -0.1) is 0 Å². The maximum absolute atomic E-state index is 11.5. The Morgan fingerprint density at radius 2 is 1.83 bits per heavy atom. The average molecular weight is 277 g/mol. The van der Waals surface area contributed by atoms with Gasteiger partial charge in [0.25, 0.3) is 5.91 Å². The summed E-state index contributed by atoms with van der Waals surface area (Å²) in [5.74, 6) is 0.528. The Hall–Kier alpha value is -0.790. The Labute approximate surface area is 112 Å². The molecule has 0 aromatic rings. The van der Waals surface area contributed by atoms with E-state index in [0.717, 1.165) is 11.5 Å². The van der Waals surface area contributed by atoms with E-state index in [2.05, 4.69) is 10.9 Å². The van der Waals surface area contributed by atoms with Crippen LogP contribution in [0.5, 0.6) is 0 Å². The van der Waals surface area contributed by atoms with E-state index in [4.69, 9.17) is 5.73 Å². The second-order valence-corrected chi connectivity index (χ2v) is 5.62. The van der Waals surface area contributed by atoms with Crippen LogP contribution in [0.4, 0.5) is 0 Å². The van der Waals surface area contributed by atoms with Crippen LogP contribution in [0.2, 0.25) is 0 Å². The summed E-state index contributed by atoms with van der Waals surface area (Å²) >= 11 is 1.70. The van der Waals surface area contributed by atoms with Gasteiger partial charge in [-0.3, -0.25) is 20.4 Å². The molecule has 2 amide bonds. The number of amides is 2. The average Bonchev–Trinajstić information content (AvgIpc) is 2.34. The van der Waals surface area contributed by atoms with Crippen molar-refractivity contribution in [1.82, 2.24) is 10.9 Å². The number of carbonyl (C=O) groups is 2. The highest BCUT2D eigenvalue weighted by Gasteiger charge is 2.23. The van der Waals surface area contributed by atoms with E-state index < -0.39 is 18.1 Å². The molecule has 1 unspecified atom stereocenters. The van der Waals surface area contributed by atoms with Crippen molar-refractivity contribution in [3.8, 4) is 0 Å². The number of thioether (sulfide) groups is 1. The monoisotopic (exact) mass is 277 g/mol. The molecule has 0 saturated heterocycles. The molecule has 5 N–H and O–H groups in total. The highest BCUT2D eigenvalue weighted by Crippen LogP contribution is 2.05. The van der Waals surface area contributed by atoms with Gasteiger partial charge in [-0.25, -0.2) is 0 Å². The fraction of sp³-hybridized carbons (Fsp3) is 0.818. The number of nitrogens with two attached hydrogens (primary N) is 1. The van der Waals surface area contributed by atoms with Crippen LogP contribution in [0.15, 0.2) is 0 Å². The van der Waals surface area contributed by atoms with Crippen molar-refractivity contribution in [3.05, 3.63) is 0 Å². The molecule has 0 bridgehead atoms. The van der Waals surface area contributed by atoms with Crippen molar-refractivity contribution >= 4 is 23.6 Å². The first-order chi connectivity index (χ1) is 8.40. The summed E-state index contributed by atoms with van der Waals surface area (Å²) < 4.78 is 0. The van der Waals surface area contributed by atoms with E-state index in [1.807, 2.05) is 6.92 Å². The number of hydrogen-bond acceptors (Lipinski definition) is 5. The van der Waals surface area contributed by atoms with Gasteiger partial charge in [-0.1, -0.05) is 20.8 Å². The second kappa shape index (κ2) is 9.18. The fourth-order valence-corrected chi connectivity index (χ4v) is 1.79. The SMILES string of the molecule is CCSCC[C@@H](N)C(O)C(=O)NNC(=O)C(C)C. The lowest BCUT2D eigenvalue weighted by Crippen LogP contribution is -2.52. The zero-order valence-electron chi connectivity index (χ0n) is 11.1. The highest BCUT2D eigenvalue weighted by molar-refractivity contribution is 7.99. The van der Waals surface area contributed by atoms with Crippen molar-refractivity contribution in [1.29, 1.82) is 0 Å². The topological polar surface area (TPSA) is 104 Å². The van der Waals surface area contributed by atoms with Crippen molar-refractivity contribution in [2.75, 3.05) is 11.5 Å². The van der Waals surface area contributed by atoms with E-state index in [9.17, 15) is 14.7 Å². The van der Waals surface area contributed by atoms with Crippen LogP contribution in [0.25, 0.3) is 0 Å². The van der Waals surface area contributed by atoms with Crippen LogP contribution in [0, 0.1) is 5.92 Å². The third kappa shape index (κ3) is 6.83. The maximum atomic E-state index is 11.5. The van der Waals surface area contributed by atoms with E-state index >= 15 is 0 Å². The summed E-state index contributed by atoms with van der Waals surface area (Å²) in [5, 5.41) is 9.64. The molecule has 0 aromatic heterocycles. The molecule has 106 valence electrons. The summed E-state index contributed by atoms with van der Waals surface area (Å²) in [6.07, 6.45) is -0.763. The molecule has 0 fully saturated rings. The summed E-state index contributed by atoms with van der Waals surface area (Å²) in [5.41, 5.74) is 10.1. The number of aliphatic hydroxyl groups excluding tert-OH is 1. The van der Waals surface area contributed by atoms with Gasteiger partial charge in [0.2, 0.25) is 5.91 Å². The third-order valence-corrected chi connectivity index (χ3v) is 3.24. The van der Waals surface area contributed by atoms with Crippen LogP contribution in [-0.2, 0) is 9.59 Å². The molecule has 0 aliphatic carbocycles. The van der Waals surface area contributed by atoms with Gasteiger partial charge >= 0.3 is 0 Å². The van der Waals surface area contributed by atoms with Gasteiger partial charge in [0.1, 0.15) is 6.10 Å². The minimum absolute atomic E-state index is 0.239. The highest BCUT2D eigenvalue weighted by atomic mass is 32.2. The quantitative estimate of drug-likeness (QED) is 0.375. The Kier molecular flexibility index (Phi) is 8.78. The third-order valence-electron chi connectivity index (χ3n) is 2.31. The number of rotatable bonds is 7. The summed E-state index contributed by atoms with van der Waals surface area (Å²) in [4.78, 5) is 22.7. The zero-order chi connectivity index (χ0) is 14.1. The summed E-state index contributed by atoms with van der Waals surface area (Å²) in [6.45, 7) is 5.43. The molecule has 7 heteroatoms. The molecule has 0 rings (SSSR count). The number of carbonyl (C=O) groups excluding carboxylic acids is 2. The van der Waals surface area contributed by atoms with E-state index in [1.165, 1.54) is 0 Å². The van der Waals surface area contributed by atoms with Gasteiger partial charge in [0.05, 0.1) is 0 Å². The van der Waals surface area contributed by atoms with Crippen LogP contribution in [0.3, 0.4) is 0 Å². The predicted octanol–water partition coefficient (Wildman–Crippen LogP) is -0.379. The standard InChI is InChI=1S/C11H23N3O3S/c1-4-18-6-5-8(12)9(15)11(17)14-13-10(16)7(2)3/h7-9,15H,4-6,12H2,1-3H3,(H,13,16)(H,14,17)/t8-,9?/m1/s1. The molecule has 0 radical (unpaired) electrons. The maximum Gasteiger partial charge on any atom is 0.268 e. The largest absolute Gasteiger partial charge is 0.382 e. The number of hydrogen-bond donors (Lipinski definition) is 4. The lowest BCUT2D eigenvalue weighted by molar-refractivity contribution is -0.135.